The Morgan fingerprint density at radius 1 is 1.25 bits per heavy atom. The second kappa shape index (κ2) is 9.73. The third kappa shape index (κ3) is 4.26. The van der Waals surface area contributed by atoms with Crippen molar-refractivity contribution < 1.29 is 19.4 Å². The number of aryl methyl sites for hydroxylation is 2. The van der Waals surface area contributed by atoms with Crippen LogP contribution in [0.25, 0.3) is 21.8 Å². The first kappa shape index (κ1) is 23.1. The molecule has 0 bridgehead atoms. The van der Waals surface area contributed by atoms with E-state index in [-0.39, 0.29) is 0 Å². The number of nitrogens with two attached hydrogens (primary N) is 1. The summed E-state index contributed by atoms with van der Waals surface area (Å²) in [5.41, 5.74) is 11.7. The number of aliphatic carboxylic acids is 1. The number of primary amides is 1. The quantitative estimate of drug-likeness (QED) is 0.534. The minimum Gasteiger partial charge on any atom is -0.481 e. The molecule has 1 heterocycles. The van der Waals surface area contributed by atoms with Crippen LogP contribution in [0, 0.1) is 0 Å². The molecule has 0 atom stereocenters. The SMILES string of the molecule is C/C=C(\C)Cn1c2cccc(C(N)=O)c2c2c(OCC(=O)O)cc3c(c21)CCC3.C=CC. The minimum atomic E-state index is -1.04. The van der Waals surface area contributed by atoms with Crippen LogP contribution in [0.15, 0.2) is 48.6 Å². The molecule has 0 aliphatic heterocycles. The normalized spacial score (nSPS) is 12.9. The van der Waals surface area contributed by atoms with Crippen molar-refractivity contribution in [1.29, 1.82) is 0 Å². The molecule has 0 saturated heterocycles. The highest BCUT2D eigenvalue weighted by Crippen LogP contribution is 2.43. The molecule has 0 radical (unpaired) electrons. The number of hydrogen-bond donors (Lipinski definition) is 2. The van der Waals surface area contributed by atoms with Crippen LogP contribution in [0.4, 0.5) is 0 Å². The smallest absolute Gasteiger partial charge is 0.341 e. The zero-order valence-electron chi connectivity index (χ0n) is 18.9. The van der Waals surface area contributed by atoms with E-state index >= 15 is 0 Å². The van der Waals surface area contributed by atoms with Crippen molar-refractivity contribution in [2.24, 2.45) is 5.73 Å². The van der Waals surface area contributed by atoms with Gasteiger partial charge in [-0.2, -0.15) is 0 Å². The van der Waals surface area contributed by atoms with Crippen LogP contribution in [-0.2, 0) is 24.2 Å². The summed E-state index contributed by atoms with van der Waals surface area (Å²) in [5, 5.41) is 10.6. The Bertz CT molecular complexity index is 1230. The highest BCUT2D eigenvalue weighted by Gasteiger charge is 2.26. The Labute approximate surface area is 188 Å². The fraction of sp³-hybridized carbons (Fsp3) is 0.308. The first-order chi connectivity index (χ1) is 15.3. The molecule has 6 nitrogen and oxygen atoms in total. The number of carboxylic acids is 1. The van der Waals surface area contributed by atoms with Crippen LogP contribution >= 0.6 is 0 Å². The second-order valence-corrected chi connectivity index (χ2v) is 7.97. The summed E-state index contributed by atoms with van der Waals surface area (Å²) in [6.07, 6.45) is 6.74. The van der Waals surface area contributed by atoms with Crippen LogP contribution in [0.2, 0.25) is 0 Å². The van der Waals surface area contributed by atoms with Gasteiger partial charge in [0.05, 0.1) is 16.4 Å². The number of ether oxygens (including phenoxy) is 1. The van der Waals surface area contributed by atoms with Crippen molar-refractivity contribution in [2.45, 2.75) is 46.6 Å². The molecule has 32 heavy (non-hydrogen) atoms. The number of carbonyl (C=O) groups excluding carboxylic acids is 1. The van der Waals surface area contributed by atoms with E-state index in [0.29, 0.717) is 17.9 Å². The second-order valence-electron chi connectivity index (χ2n) is 7.97. The summed E-state index contributed by atoms with van der Waals surface area (Å²) < 4.78 is 7.93. The third-order valence-electron chi connectivity index (χ3n) is 5.70. The first-order valence-electron chi connectivity index (χ1n) is 10.8. The van der Waals surface area contributed by atoms with Crippen LogP contribution in [-0.4, -0.2) is 28.2 Å². The van der Waals surface area contributed by atoms with Gasteiger partial charge in [0.1, 0.15) is 5.75 Å². The Morgan fingerprint density at radius 2 is 1.97 bits per heavy atom. The molecular weight excluding hydrogens is 404 g/mol. The minimum absolute atomic E-state index is 0.419. The van der Waals surface area contributed by atoms with Crippen molar-refractivity contribution in [2.75, 3.05) is 6.61 Å². The van der Waals surface area contributed by atoms with E-state index in [0.717, 1.165) is 41.1 Å². The average molecular weight is 435 g/mol. The Hall–Kier alpha value is -3.54. The van der Waals surface area contributed by atoms with Gasteiger partial charge in [0.15, 0.2) is 6.61 Å². The summed E-state index contributed by atoms with van der Waals surface area (Å²) >= 11 is 0. The maximum atomic E-state index is 12.2. The molecule has 0 spiro atoms. The number of carbonyl (C=O) groups is 2. The Kier molecular flexibility index (Phi) is 7.03. The molecule has 4 rings (SSSR count). The number of benzene rings is 2. The lowest BCUT2D eigenvalue weighted by molar-refractivity contribution is -0.139. The molecule has 0 fully saturated rings. The lowest BCUT2D eigenvalue weighted by Gasteiger charge is -2.13. The van der Waals surface area contributed by atoms with Gasteiger partial charge in [-0.05, 0) is 69.4 Å². The maximum Gasteiger partial charge on any atom is 0.341 e. The molecule has 0 saturated carbocycles. The summed E-state index contributed by atoms with van der Waals surface area (Å²) in [6, 6.07) is 7.47. The van der Waals surface area contributed by atoms with Gasteiger partial charge in [-0.1, -0.05) is 23.8 Å². The monoisotopic (exact) mass is 434 g/mol. The van der Waals surface area contributed by atoms with E-state index in [2.05, 4.69) is 24.1 Å². The van der Waals surface area contributed by atoms with Crippen molar-refractivity contribution >= 4 is 33.7 Å². The third-order valence-corrected chi connectivity index (χ3v) is 5.70. The van der Waals surface area contributed by atoms with Gasteiger partial charge in [-0.25, -0.2) is 4.79 Å². The number of allylic oxidation sites excluding steroid dienone is 3. The number of amides is 1. The molecule has 3 N–H and O–H groups in total. The van der Waals surface area contributed by atoms with Crippen molar-refractivity contribution in [3.05, 3.63) is 65.3 Å². The highest BCUT2D eigenvalue weighted by molar-refractivity contribution is 6.20. The lowest BCUT2D eigenvalue weighted by Crippen LogP contribution is -2.12. The average Bonchev–Trinajstić information content (AvgIpc) is 3.35. The maximum absolute atomic E-state index is 12.2. The van der Waals surface area contributed by atoms with E-state index in [1.165, 1.54) is 16.7 Å². The van der Waals surface area contributed by atoms with E-state index in [9.17, 15) is 9.59 Å². The predicted octanol–water partition coefficient (Wildman–Crippen LogP) is 5.00. The van der Waals surface area contributed by atoms with Crippen LogP contribution in [0.3, 0.4) is 0 Å². The van der Waals surface area contributed by atoms with Gasteiger partial charge in [0.2, 0.25) is 5.91 Å². The van der Waals surface area contributed by atoms with Crippen LogP contribution in [0.5, 0.6) is 5.75 Å². The largest absolute Gasteiger partial charge is 0.481 e. The van der Waals surface area contributed by atoms with Gasteiger partial charge >= 0.3 is 5.97 Å². The molecule has 0 unspecified atom stereocenters. The van der Waals surface area contributed by atoms with Gasteiger partial charge in [0.25, 0.3) is 0 Å². The summed E-state index contributed by atoms with van der Waals surface area (Å²) in [6.45, 7) is 9.56. The molecule has 1 aliphatic rings. The number of rotatable bonds is 6. The zero-order chi connectivity index (χ0) is 23.4. The van der Waals surface area contributed by atoms with Crippen molar-refractivity contribution in [3.8, 4) is 5.75 Å². The van der Waals surface area contributed by atoms with E-state index < -0.39 is 18.5 Å². The molecule has 3 aromatic rings. The molecular formula is C26H30N2O4. The Morgan fingerprint density at radius 3 is 2.59 bits per heavy atom. The van der Waals surface area contributed by atoms with Gasteiger partial charge < -0.3 is 20.1 Å². The van der Waals surface area contributed by atoms with E-state index in [4.69, 9.17) is 15.6 Å². The summed E-state index contributed by atoms with van der Waals surface area (Å²) in [4.78, 5) is 23.4. The fourth-order valence-corrected chi connectivity index (χ4v) is 4.35. The van der Waals surface area contributed by atoms with Crippen LogP contribution < -0.4 is 10.5 Å². The molecule has 1 amide bonds. The van der Waals surface area contributed by atoms with Gasteiger partial charge in [-0.15, -0.1) is 6.58 Å². The van der Waals surface area contributed by atoms with E-state index in [1.807, 2.05) is 32.0 Å². The van der Waals surface area contributed by atoms with Gasteiger partial charge in [0, 0.05) is 17.5 Å². The standard InChI is InChI=1S/C23H24N2O4.C3H6/c1-3-13(2)11-25-17-9-5-8-16(23(24)28)20(17)21-18(29-12-19(26)27)10-14-6-4-7-15(14)22(21)25;1-3-2/h3,5,8-10H,4,6-7,11-12H2,1-2H3,(H2,24,28)(H,26,27);3H,1H2,2H3/b13-3+;. The number of fused-ring (bicyclic) bond motifs is 5. The number of nitrogens with zero attached hydrogens (tertiary/aromatic N) is 1. The zero-order valence-corrected chi connectivity index (χ0v) is 18.9. The predicted molar refractivity (Wildman–Crippen MR) is 128 cm³/mol. The molecule has 1 aliphatic carbocycles. The number of aromatic nitrogens is 1. The highest BCUT2D eigenvalue weighted by atomic mass is 16.5. The summed E-state index contributed by atoms with van der Waals surface area (Å²) in [5.74, 6) is -1.05. The lowest BCUT2D eigenvalue weighted by atomic mass is 10.0. The molecule has 168 valence electrons. The van der Waals surface area contributed by atoms with Gasteiger partial charge in [-0.3, -0.25) is 4.79 Å². The van der Waals surface area contributed by atoms with E-state index in [1.54, 1.807) is 12.1 Å². The van der Waals surface area contributed by atoms with Crippen LogP contribution in [0.1, 0.15) is 48.7 Å². The number of hydrogen-bond acceptors (Lipinski definition) is 3. The summed E-state index contributed by atoms with van der Waals surface area (Å²) in [7, 11) is 0. The Balaban J connectivity index is 0.000000913. The molecule has 1 aromatic heterocycles. The number of carboxylic acid groups (broad SMARTS) is 1. The fourth-order valence-electron chi connectivity index (χ4n) is 4.35. The first-order valence-corrected chi connectivity index (χ1v) is 10.8. The van der Waals surface area contributed by atoms with Crippen molar-refractivity contribution in [1.82, 2.24) is 4.57 Å². The topological polar surface area (TPSA) is 94.5 Å². The molecule has 2 aromatic carbocycles. The van der Waals surface area contributed by atoms with Crippen molar-refractivity contribution in [3.63, 3.8) is 0 Å². The molecule has 6 heteroatoms.